The minimum atomic E-state index is 0.630. The summed E-state index contributed by atoms with van der Waals surface area (Å²) in [4.78, 5) is 10.8. The molecule has 0 aliphatic carbocycles. The topological polar surface area (TPSA) is 48.8 Å². The van der Waals surface area contributed by atoms with Gasteiger partial charge in [-0.3, -0.25) is 4.57 Å². The average molecular weight is 677 g/mol. The van der Waals surface area contributed by atoms with Crippen LogP contribution < -0.4 is 0 Å². The second-order valence-electron chi connectivity index (χ2n) is 13.8. The maximum Gasteiger partial charge on any atom is 0.235 e. The van der Waals surface area contributed by atoms with Crippen LogP contribution in [0.3, 0.4) is 0 Å². The van der Waals surface area contributed by atoms with E-state index in [1.54, 1.807) is 0 Å². The van der Waals surface area contributed by atoms with E-state index in [-0.39, 0.29) is 0 Å². The molecule has 53 heavy (non-hydrogen) atoms. The minimum absolute atomic E-state index is 0.630. The number of para-hydroxylation sites is 4. The molecule has 4 heterocycles. The number of hydrogen-bond donors (Lipinski definition) is 0. The van der Waals surface area contributed by atoms with Crippen LogP contribution in [-0.4, -0.2) is 19.1 Å². The third-order valence-corrected chi connectivity index (χ3v) is 10.9. The van der Waals surface area contributed by atoms with Crippen molar-refractivity contribution in [1.82, 2.24) is 19.1 Å². The first kappa shape index (κ1) is 28.5. The molecule has 0 aliphatic heterocycles. The Morgan fingerprint density at radius 1 is 0.415 bits per heavy atom. The van der Waals surface area contributed by atoms with Crippen LogP contribution in [0.1, 0.15) is 0 Å². The highest BCUT2D eigenvalue weighted by Gasteiger charge is 2.24. The van der Waals surface area contributed by atoms with E-state index in [4.69, 9.17) is 14.4 Å². The molecule has 5 nitrogen and oxygen atoms in total. The van der Waals surface area contributed by atoms with Crippen LogP contribution in [0.5, 0.6) is 0 Å². The highest BCUT2D eigenvalue weighted by Crippen LogP contribution is 2.44. The molecule has 0 radical (unpaired) electrons. The van der Waals surface area contributed by atoms with E-state index >= 15 is 0 Å². The fourth-order valence-corrected chi connectivity index (χ4v) is 8.65. The van der Waals surface area contributed by atoms with Gasteiger partial charge in [0.1, 0.15) is 11.2 Å². The number of nitrogens with zero attached hydrogens (tertiary/aromatic N) is 4. The predicted molar refractivity (Wildman–Crippen MR) is 218 cm³/mol. The number of aromatic nitrogens is 4. The zero-order valence-electron chi connectivity index (χ0n) is 28.4. The molecule has 0 saturated carbocycles. The summed E-state index contributed by atoms with van der Waals surface area (Å²) in [5.74, 6) is 0.630. The van der Waals surface area contributed by atoms with Gasteiger partial charge >= 0.3 is 0 Å². The first-order valence-corrected chi connectivity index (χ1v) is 17.9. The molecular weight excluding hydrogens is 649 g/mol. The lowest BCUT2D eigenvalue weighted by molar-refractivity contribution is 0.669. The first-order chi connectivity index (χ1) is 26.3. The SMILES string of the molecule is c1ccc(-n2c3ccccc3c3c4c5ccc6ccccc6c5n(-c5nc(-c6ccc7c(c6)oc6ccccc67)c6ccccc6n5)c4ccc32)cc1. The van der Waals surface area contributed by atoms with E-state index in [0.29, 0.717) is 5.95 Å². The Balaban J connectivity index is 1.22. The Morgan fingerprint density at radius 2 is 1.08 bits per heavy atom. The van der Waals surface area contributed by atoms with Gasteiger partial charge in [0.25, 0.3) is 0 Å². The molecule has 12 aromatic rings. The van der Waals surface area contributed by atoms with Crippen LogP contribution in [0, 0.1) is 0 Å². The lowest BCUT2D eigenvalue weighted by Crippen LogP contribution is -2.03. The number of furan rings is 1. The van der Waals surface area contributed by atoms with Crippen molar-refractivity contribution in [3.63, 3.8) is 0 Å². The fourth-order valence-electron chi connectivity index (χ4n) is 8.65. The quantitative estimate of drug-likeness (QED) is 0.187. The molecule has 246 valence electrons. The predicted octanol–water partition coefficient (Wildman–Crippen LogP) is 12.5. The molecular formula is C48H28N4O. The summed E-state index contributed by atoms with van der Waals surface area (Å²) in [6.45, 7) is 0. The van der Waals surface area contributed by atoms with Crippen LogP contribution in [0.4, 0.5) is 0 Å². The lowest BCUT2D eigenvalue weighted by Gasteiger charge is -2.13. The summed E-state index contributed by atoms with van der Waals surface area (Å²) < 4.78 is 11.0. The van der Waals surface area contributed by atoms with Gasteiger partial charge in [-0.05, 0) is 60.0 Å². The second kappa shape index (κ2) is 10.6. The van der Waals surface area contributed by atoms with Gasteiger partial charge in [0.2, 0.25) is 5.95 Å². The number of fused-ring (bicyclic) bond motifs is 13. The summed E-state index contributed by atoms with van der Waals surface area (Å²) in [7, 11) is 0. The Bertz CT molecular complexity index is 3460. The van der Waals surface area contributed by atoms with Gasteiger partial charge in [0.05, 0.1) is 33.3 Å². The van der Waals surface area contributed by atoms with Crippen molar-refractivity contribution in [3.05, 3.63) is 170 Å². The zero-order valence-corrected chi connectivity index (χ0v) is 28.4. The highest BCUT2D eigenvalue weighted by molar-refractivity contribution is 6.31. The van der Waals surface area contributed by atoms with Gasteiger partial charge in [-0.2, -0.15) is 0 Å². The Hall–Kier alpha value is -7.24. The lowest BCUT2D eigenvalue weighted by atomic mass is 10.0. The van der Waals surface area contributed by atoms with E-state index in [1.165, 1.54) is 32.4 Å². The van der Waals surface area contributed by atoms with E-state index in [0.717, 1.165) is 71.7 Å². The minimum Gasteiger partial charge on any atom is -0.456 e. The van der Waals surface area contributed by atoms with Crippen molar-refractivity contribution in [2.75, 3.05) is 0 Å². The largest absolute Gasteiger partial charge is 0.456 e. The second-order valence-corrected chi connectivity index (χ2v) is 13.8. The van der Waals surface area contributed by atoms with Crippen LogP contribution >= 0.6 is 0 Å². The number of hydrogen-bond acceptors (Lipinski definition) is 3. The molecule has 0 unspecified atom stereocenters. The van der Waals surface area contributed by atoms with Gasteiger partial charge in [0.15, 0.2) is 0 Å². The zero-order chi connectivity index (χ0) is 34.6. The molecule has 0 aliphatic rings. The van der Waals surface area contributed by atoms with Crippen molar-refractivity contribution >= 4 is 87.2 Å². The molecule has 0 spiro atoms. The van der Waals surface area contributed by atoms with Crippen molar-refractivity contribution in [2.45, 2.75) is 0 Å². The monoisotopic (exact) mass is 676 g/mol. The summed E-state index contributed by atoms with van der Waals surface area (Å²) in [5.41, 5.74) is 10.1. The summed E-state index contributed by atoms with van der Waals surface area (Å²) in [6, 6.07) is 60.0. The molecule has 0 fully saturated rings. The molecule has 5 heteroatoms. The smallest absolute Gasteiger partial charge is 0.235 e. The van der Waals surface area contributed by atoms with Crippen molar-refractivity contribution in [2.24, 2.45) is 0 Å². The molecule has 8 aromatic carbocycles. The van der Waals surface area contributed by atoms with Crippen molar-refractivity contribution in [1.29, 1.82) is 0 Å². The van der Waals surface area contributed by atoms with Gasteiger partial charge in [0, 0.05) is 54.3 Å². The number of benzene rings is 8. The van der Waals surface area contributed by atoms with Crippen molar-refractivity contribution in [3.8, 4) is 22.9 Å². The highest BCUT2D eigenvalue weighted by atomic mass is 16.3. The normalized spacial score (nSPS) is 12.2. The van der Waals surface area contributed by atoms with Crippen LogP contribution in [0.2, 0.25) is 0 Å². The maximum absolute atomic E-state index is 6.35. The number of rotatable bonds is 3. The molecule has 0 saturated heterocycles. The van der Waals surface area contributed by atoms with Crippen LogP contribution in [-0.2, 0) is 0 Å². The van der Waals surface area contributed by atoms with Crippen LogP contribution in [0.25, 0.3) is 110 Å². The van der Waals surface area contributed by atoms with Gasteiger partial charge in [-0.15, -0.1) is 0 Å². The summed E-state index contributed by atoms with van der Waals surface area (Å²) in [6.07, 6.45) is 0. The average Bonchev–Trinajstić information content (AvgIpc) is 3.88. The first-order valence-electron chi connectivity index (χ1n) is 17.9. The van der Waals surface area contributed by atoms with E-state index in [1.807, 2.05) is 12.1 Å². The third-order valence-electron chi connectivity index (χ3n) is 10.9. The van der Waals surface area contributed by atoms with Gasteiger partial charge in [-0.1, -0.05) is 115 Å². The maximum atomic E-state index is 6.35. The molecule has 0 bridgehead atoms. The standard InChI is InChI=1S/C48H28N4O/c1-2-13-31(14-3-1)51-39-20-10-7-18-36(39)44-40(51)26-27-41-45(44)37-25-22-29-12-4-5-15-32(29)47(37)52(41)48-49-38-19-9-6-17-35(38)46(50-48)30-23-24-34-33-16-8-11-21-42(33)53-43(34)28-30/h1-28H. The molecule has 4 aromatic heterocycles. The van der Waals surface area contributed by atoms with E-state index in [2.05, 4.69) is 167 Å². The summed E-state index contributed by atoms with van der Waals surface area (Å²) in [5, 5.41) is 10.3. The Kier molecular flexibility index (Phi) is 5.71. The fraction of sp³-hybridized carbons (Fsp3) is 0. The Morgan fingerprint density at radius 3 is 1.96 bits per heavy atom. The van der Waals surface area contributed by atoms with Crippen molar-refractivity contribution < 1.29 is 4.42 Å². The van der Waals surface area contributed by atoms with Crippen LogP contribution in [0.15, 0.2) is 174 Å². The third kappa shape index (κ3) is 3.96. The van der Waals surface area contributed by atoms with E-state index in [9.17, 15) is 0 Å². The molecule has 12 rings (SSSR count). The van der Waals surface area contributed by atoms with Gasteiger partial charge < -0.3 is 8.98 Å². The molecule has 0 N–H and O–H groups in total. The summed E-state index contributed by atoms with van der Waals surface area (Å²) >= 11 is 0. The molecule has 0 atom stereocenters. The molecule has 0 amide bonds. The van der Waals surface area contributed by atoms with Gasteiger partial charge in [-0.25, -0.2) is 9.97 Å². The Labute approximate surface area is 302 Å². The van der Waals surface area contributed by atoms with E-state index < -0.39 is 0 Å².